The van der Waals surface area contributed by atoms with E-state index in [0.29, 0.717) is 30.2 Å². The van der Waals surface area contributed by atoms with E-state index in [4.69, 9.17) is 4.74 Å². The highest BCUT2D eigenvalue weighted by molar-refractivity contribution is 5.96. The Hall–Kier alpha value is -1.26. The molecule has 4 heteroatoms. The summed E-state index contributed by atoms with van der Waals surface area (Å²) in [5.41, 5.74) is 1.03. The van der Waals surface area contributed by atoms with Crippen molar-refractivity contribution in [3.63, 3.8) is 0 Å². The molecule has 0 N–H and O–H groups in total. The van der Waals surface area contributed by atoms with Gasteiger partial charge in [-0.15, -0.1) is 0 Å². The first-order valence-corrected chi connectivity index (χ1v) is 7.73. The van der Waals surface area contributed by atoms with Crippen LogP contribution >= 0.6 is 0 Å². The molecule has 0 amide bonds. The number of hydrogen-bond acceptors (Lipinski definition) is 3. The highest BCUT2D eigenvalue weighted by atomic mass is 19.1. The van der Waals surface area contributed by atoms with Crippen molar-refractivity contribution >= 4 is 5.78 Å². The van der Waals surface area contributed by atoms with E-state index < -0.39 is 0 Å². The van der Waals surface area contributed by atoms with Crippen LogP contribution in [0.15, 0.2) is 18.2 Å². The molecule has 1 aliphatic rings. The van der Waals surface area contributed by atoms with Crippen LogP contribution in [0.25, 0.3) is 0 Å². The summed E-state index contributed by atoms with van der Waals surface area (Å²) in [7, 11) is 0. The molecule has 1 atom stereocenters. The normalized spacial score (nSPS) is 18.4. The summed E-state index contributed by atoms with van der Waals surface area (Å²) in [6.45, 7) is 7.12. The van der Waals surface area contributed by atoms with Gasteiger partial charge in [0.05, 0.1) is 6.10 Å². The van der Waals surface area contributed by atoms with Gasteiger partial charge in [0.1, 0.15) is 5.82 Å². The second kappa shape index (κ2) is 7.66. The van der Waals surface area contributed by atoms with Gasteiger partial charge in [0.25, 0.3) is 0 Å². The SMILES string of the molecule is CCN(CCC(=O)c1ccc(C)c(F)c1)CC1CCCO1. The minimum absolute atomic E-state index is 0.000287. The van der Waals surface area contributed by atoms with Crippen LogP contribution in [-0.2, 0) is 4.74 Å². The third kappa shape index (κ3) is 4.61. The number of Topliss-reactive ketones (excluding diaryl/α,β-unsaturated/α-hetero) is 1. The second-order valence-electron chi connectivity index (χ2n) is 5.67. The summed E-state index contributed by atoms with van der Waals surface area (Å²) in [5, 5.41) is 0. The summed E-state index contributed by atoms with van der Waals surface area (Å²) >= 11 is 0. The zero-order valence-corrected chi connectivity index (χ0v) is 12.9. The van der Waals surface area contributed by atoms with Crippen molar-refractivity contribution in [1.29, 1.82) is 0 Å². The molecule has 2 rings (SSSR count). The Morgan fingerprint density at radius 3 is 2.90 bits per heavy atom. The molecule has 1 aliphatic heterocycles. The Balaban J connectivity index is 1.84. The van der Waals surface area contributed by atoms with Gasteiger partial charge >= 0.3 is 0 Å². The molecule has 0 bridgehead atoms. The molecule has 1 heterocycles. The van der Waals surface area contributed by atoms with Gasteiger partial charge in [0.2, 0.25) is 0 Å². The topological polar surface area (TPSA) is 29.5 Å². The predicted octanol–water partition coefficient (Wildman–Crippen LogP) is 3.21. The lowest BCUT2D eigenvalue weighted by atomic mass is 10.1. The number of rotatable bonds is 7. The second-order valence-corrected chi connectivity index (χ2v) is 5.67. The minimum atomic E-state index is -0.312. The fourth-order valence-corrected chi connectivity index (χ4v) is 2.63. The maximum absolute atomic E-state index is 13.5. The molecular formula is C17H24FNO2. The Morgan fingerprint density at radius 1 is 1.48 bits per heavy atom. The predicted molar refractivity (Wildman–Crippen MR) is 81.2 cm³/mol. The number of nitrogens with zero attached hydrogens (tertiary/aromatic N) is 1. The summed E-state index contributed by atoms with van der Waals surface area (Å²) in [4.78, 5) is 14.4. The van der Waals surface area contributed by atoms with Gasteiger partial charge in [-0.1, -0.05) is 19.1 Å². The largest absolute Gasteiger partial charge is 0.377 e. The molecule has 1 aromatic rings. The van der Waals surface area contributed by atoms with E-state index in [1.54, 1.807) is 19.1 Å². The van der Waals surface area contributed by atoms with Crippen molar-refractivity contribution in [3.05, 3.63) is 35.1 Å². The molecule has 1 fully saturated rings. The van der Waals surface area contributed by atoms with Crippen LogP contribution in [-0.4, -0.2) is 43.0 Å². The fourth-order valence-electron chi connectivity index (χ4n) is 2.63. The van der Waals surface area contributed by atoms with Gasteiger partial charge in [0, 0.05) is 31.7 Å². The van der Waals surface area contributed by atoms with Crippen molar-refractivity contribution in [1.82, 2.24) is 4.90 Å². The summed E-state index contributed by atoms with van der Waals surface area (Å²) in [6.07, 6.45) is 2.96. The first kappa shape index (κ1) is 16.1. The summed E-state index contributed by atoms with van der Waals surface area (Å²) < 4.78 is 19.1. The molecule has 0 aromatic heterocycles. The van der Waals surface area contributed by atoms with Crippen LogP contribution < -0.4 is 0 Å². The van der Waals surface area contributed by atoms with Gasteiger partial charge in [-0.05, 0) is 37.9 Å². The molecule has 1 aromatic carbocycles. The third-order valence-corrected chi connectivity index (χ3v) is 4.08. The van der Waals surface area contributed by atoms with E-state index in [1.807, 2.05) is 0 Å². The van der Waals surface area contributed by atoms with Crippen LogP contribution in [0.3, 0.4) is 0 Å². The van der Waals surface area contributed by atoms with E-state index >= 15 is 0 Å². The lowest BCUT2D eigenvalue weighted by Crippen LogP contribution is -2.33. The molecule has 1 unspecified atom stereocenters. The average molecular weight is 293 g/mol. The number of aryl methyl sites for hydroxylation is 1. The number of carbonyl (C=O) groups excluding carboxylic acids is 1. The Labute approximate surface area is 126 Å². The maximum Gasteiger partial charge on any atom is 0.164 e. The van der Waals surface area contributed by atoms with Crippen LogP contribution in [0.2, 0.25) is 0 Å². The Kier molecular flexibility index (Phi) is 5.88. The van der Waals surface area contributed by atoms with Crippen LogP contribution in [0.1, 0.15) is 42.1 Å². The van der Waals surface area contributed by atoms with E-state index in [0.717, 1.165) is 32.5 Å². The number of hydrogen-bond donors (Lipinski definition) is 0. The van der Waals surface area contributed by atoms with Crippen molar-refractivity contribution in [2.75, 3.05) is 26.2 Å². The van der Waals surface area contributed by atoms with Crippen molar-refractivity contribution in [3.8, 4) is 0 Å². The molecule has 0 radical (unpaired) electrons. The molecule has 21 heavy (non-hydrogen) atoms. The highest BCUT2D eigenvalue weighted by Crippen LogP contribution is 2.14. The Bertz CT molecular complexity index is 484. The number of carbonyl (C=O) groups is 1. The van der Waals surface area contributed by atoms with Crippen LogP contribution in [0.5, 0.6) is 0 Å². The van der Waals surface area contributed by atoms with Crippen LogP contribution in [0, 0.1) is 12.7 Å². The number of benzene rings is 1. The minimum Gasteiger partial charge on any atom is -0.377 e. The van der Waals surface area contributed by atoms with Crippen molar-refractivity contribution in [2.45, 2.75) is 39.2 Å². The number of halogens is 1. The average Bonchev–Trinajstić information content (AvgIpc) is 2.99. The van der Waals surface area contributed by atoms with E-state index in [-0.39, 0.29) is 11.6 Å². The van der Waals surface area contributed by atoms with Gasteiger partial charge in [-0.25, -0.2) is 4.39 Å². The van der Waals surface area contributed by atoms with Gasteiger partial charge in [-0.3, -0.25) is 4.79 Å². The standard InChI is InChI=1S/C17H24FNO2/c1-3-19(12-15-5-4-10-21-15)9-8-17(20)14-7-6-13(2)16(18)11-14/h6-7,11,15H,3-5,8-10,12H2,1-2H3. The quantitative estimate of drug-likeness (QED) is 0.723. The van der Waals surface area contributed by atoms with Crippen molar-refractivity contribution in [2.24, 2.45) is 0 Å². The first-order valence-electron chi connectivity index (χ1n) is 7.73. The molecule has 0 saturated carbocycles. The molecule has 1 saturated heterocycles. The third-order valence-electron chi connectivity index (χ3n) is 4.08. The lowest BCUT2D eigenvalue weighted by Gasteiger charge is -2.23. The van der Waals surface area contributed by atoms with Gasteiger partial charge in [0.15, 0.2) is 5.78 Å². The molecular weight excluding hydrogens is 269 g/mol. The maximum atomic E-state index is 13.5. The zero-order chi connectivity index (χ0) is 15.2. The lowest BCUT2D eigenvalue weighted by molar-refractivity contribution is 0.0719. The van der Waals surface area contributed by atoms with Gasteiger partial charge < -0.3 is 9.64 Å². The molecule has 3 nitrogen and oxygen atoms in total. The van der Waals surface area contributed by atoms with Crippen molar-refractivity contribution < 1.29 is 13.9 Å². The van der Waals surface area contributed by atoms with E-state index in [9.17, 15) is 9.18 Å². The van der Waals surface area contributed by atoms with Gasteiger partial charge in [-0.2, -0.15) is 0 Å². The van der Waals surface area contributed by atoms with E-state index in [1.165, 1.54) is 6.07 Å². The first-order chi connectivity index (χ1) is 10.1. The molecule has 0 spiro atoms. The smallest absolute Gasteiger partial charge is 0.164 e. The molecule has 0 aliphatic carbocycles. The monoisotopic (exact) mass is 293 g/mol. The highest BCUT2D eigenvalue weighted by Gasteiger charge is 2.19. The summed E-state index contributed by atoms with van der Waals surface area (Å²) in [5.74, 6) is -0.313. The van der Waals surface area contributed by atoms with E-state index in [2.05, 4.69) is 11.8 Å². The Morgan fingerprint density at radius 2 is 2.29 bits per heavy atom. The number of likely N-dealkylation sites (N-methyl/N-ethyl adjacent to an activating group) is 1. The number of ketones is 1. The summed E-state index contributed by atoms with van der Waals surface area (Å²) in [6, 6.07) is 4.71. The fraction of sp³-hybridized carbons (Fsp3) is 0.588. The van der Waals surface area contributed by atoms with Crippen LogP contribution in [0.4, 0.5) is 4.39 Å². The zero-order valence-electron chi connectivity index (χ0n) is 12.9. The molecule has 116 valence electrons. The number of ether oxygens (including phenoxy) is 1.